The molecule has 3 N–H and O–H groups in total. The summed E-state index contributed by atoms with van der Waals surface area (Å²) in [6.45, 7) is 9.23. The van der Waals surface area contributed by atoms with E-state index >= 15 is 0 Å². The highest BCUT2D eigenvalue weighted by molar-refractivity contribution is 5.86. The topological polar surface area (TPSA) is 83.4 Å². The summed E-state index contributed by atoms with van der Waals surface area (Å²) >= 11 is 0. The third kappa shape index (κ3) is 5.49. The van der Waals surface area contributed by atoms with E-state index in [1.807, 2.05) is 39.8 Å². The van der Waals surface area contributed by atoms with Crippen molar-refractivity contribution in [3.8, 4) is 0 Å². The molecule has 3 atom stereocenters. The molecule has 0 aliphatic carbocycles. The first kappa shape index (κ1) is 17.1. The van der Waals surface area contributed by atoms with Gasteiger partial charge in [-0.15, -0.1) is 0 Å². The van der Waals surface area contributed by atoms with E-state index in [-0.39, 0.29) is 18.0 Å². The summed E-state index contributed by atoms with van der Waals surface area (Å²) in [6, 6.07) is 2.50. The number of urea groups is 1. The molecule has 6 nitrogen and oxygen atoms in total. The van der Waals surface area contributed by atoms with Gasteiger partial charge in [0.25, 0.3) is 0 Å². The van der Waals surface area contributed by atoms with E-state index in [0.29, 0.717) is 5.76 Å². The molecule has 1 heterocycles. The van der Waals surface area contributed by atoms with Crippen molar-refractivity contribution in [3.63, 3.8) is 0 Å². The first-order valence-electron chi connectivity index (χ1n) is 7.27. The average molecular weight is 295 g/mol. The first-order chi connectivity index (χ1) is 9.83. The number of furan rings is 1. The highest BCUT2D eigenvalue weighted by Crippen LogP contribution is 2.15. The number of rotatable bonds is 6. The lowest BCUT2D eigenvalue weighted by Gasteiger charge is -2.19. The molecule has 3 amide bonds. The fraction of sp³-hybridized carbons (Fsp3) is 0.600. The quantitative estimate of drug-likeness (QED) is 0.752. The maximum atomic E-state index is 11.9. The van der Waals surface area contributed by atoms with Crippen molar-refractivity contribution < 1.29 is 14.0 Å². The van der Waals surface area contributed by atoms with Crippen molar-refractivity contribution in [2.45, 2.75) is 59.2 Å². The second kappa shape index (κ2) is 7.71. The van der Waals surface area contributed by atoms with Gasteiger partial charge < -0.3 is 20.4 Å². The molecule has 0 bridgehead atoms. The van der Waals surface area contributed by atoms with Crippen molar-refractivity contribution in [1.29, 1.82) is 0 Å². The summed E-state index contributed by atoms with van der Waals surface area (Å²) in [7, 11) is 0. The van der Waals surface area contributed by atoms with Crippen LogP contribution in [-0.4, -0.2) is 24.0 Å². The number of nitrogens with one attached hydrogen (secondary N) is 3. The maximum absolute atomic E-state index is 11.9. The van der Waals surface area contributed by atoms with Gasteiger partial charge in [0, 0.05) is 6.04 Å². The van der Waals surface area contributed by atoms with Crippen molar-refractivity contribution in [1.82, 2.24) is 16.0 Å². The molecule has 1 aromatic heterocycles. The van der Waals surface area contributed by atoms with E-state index in [1.54, 1.807) is 6.92 Å². The highest BCUT2D eigenvalue weighted by Gasteiger charge is 2.19. The van der Waals surface area contributed by atoms with Gasteiger partial charge in [0.1, 0.15) is 17.6 Å². The minimum absolute atomic E-state index is 0.0924. The molecule has 0 fully saturated rings. The molecule has 0 aliphatic rings. The molecule has 0 saturated carbocycles. The van der Waals surface area contributed by atoms with Crippen LogP contribution in [0.3, 0.4) is 0 Å². The molecule has 0 aromatic carbocycles. The fourth-order valence-electron chi connectivity index (χ4n) is 1.73. The van der Waals surface area contributed by atoms with Crippen LogP contribution in [0.2, 0.25) is 0 Å². The van der Waals surface area contributed by atoms with Crippen molar-refractivity contribution >= 4 is 11.9 Å². The van der Waals surface area contributed by atoms with Crippen molar-refractivity contribution in [2.75, 3.05) is 0 Å². The van der Waals surface area contributed by atoms with E-state index in [2.05, 4.69) is 16.0 Å². The second-order valence-electron chi connectivity index (χ2n) is 5.33. The molecule has 0 spiro atoms. The number of aryl methyl sites for hydroxylation is 1. The number of hydrogen-bond donors (Lipinski definition) is 3. The minimum atomic E-state index is -0.593. The predicted molar refractivity (Wildman–Crippen MR) is 80.9 cm³/mol. The summed E-state index contributed by atoms with van der Waals surface area (Å²) in [4.78, 5) is 23.7. The van der Waals surface area contributed by atoms with Crippen LogP contribution in [0.5, 0.6) is 0 Å². The molecule has 0 unspecified atom stereocenters. The lowest BCUT2D eigenvalue weighted by molar-refractivity contribution is -0.123. The van der Waals surface area contributed by atoms with E-state index in [4.69, 9.17) is 4.42 Å². The Labute approximate surface area is 125 Å². The summed E-state index contributed by atoms with van der Waals surface area (Å²) in [5, 5.41) is 8.17. The third-order valence-corrected chi connectivity index (χ3v) is 3.28. The Morgan fingerprint density at radius 3 is 2.33 bits per heavy atom. The molecular weight excluding hydrogens is 270 g/mol. The molecule has 0 aliphatic heterocycles. The zero-order valence-electron chi connectivity index (χ0n) is 13.3. The van der Waals surface area contributed by atoms with Gasteiger partial charge in [0.05, 0.1) is 6.04 Å². The first-order valence-corrected chi connectivity index (χ1v) is 7.27. The molecule has 1 aromatic rings. The molecule has 0 saturated heterocycles. The highest BCUT2D eigenvalue weighted by atomic mass is 16.3. The van der Waals surface area contributed by atoms with Gasteiger partial charge in [0.2, 0.25) is 5.91 Å². The van der Waals surface area contributed by atoms with E-state index in [1.165, 1.54) is 0 Å². The Balaban J connectivity index is 2.44. The Morgan fingerprint density at radius 2 is 1.81 bits per heavy atom. The largest absolute Gasteiger partial charge is 0.464 e. The van der Waals surface area contributed by atoms with Gasteiger partial charge in [-0.25, -0.2) is 4.79 Å². The van der Waals surface area contributed by atoms with Crippen LogP contribution in [0.15, 0.2) is 16.5 Å². The van der Waals surface area contributed by atoms with Crippen LogP contribution < -0.4 is 16.0 Å². The van der Waals surface area contributed by atoms with Gasteiger partial charge in [-0.3, -0.25) is 4.79 Å². The summed E-state index contributed by atoms with van der Waals surface area (Å²) < 4.78 is 5.44. The van der Waals surface area contributed by atoms with Crippen LogP contribution in [0, 0.1) is 6.92 Å². The minimum Gasteiger partial charge on any atom is -0.464 e. The van der Waals surface area contributed by atoms with Crippen LogP contribution >= 0.6 is 0 Å². The van der Waals surface area contributed by atoms with Gasteiger partial charge in [-0.1, -0.05) is 6.92 Å². The van der Waals surface area contributed by atoms with Crippen LogP contribution in [0.25, 0.3) is 0 Å². The molecular formula is C15H25N3O3. The molecule has 0 radical (unpaired) electrons. The maximum Gasteiger partial charge on any atom is 0.316 e. The van der Waals surface area contributed by atoms with Crippen molar-refractivity contribution in [3.05, 3.63) is 23.7 Å². The van der Waals surface area contributed by atoms with Crippen LogP contribution in [0.1, 0.15) is 51.7 Å². The molecule has 21 heavy (non-hydrogen) atoms. The van der Waals surface area contributed by atoms with Gasteiger partial charge in [0.15, 0.2) is 0 Å². The molecule has 1 rings (SSSR count). The fourth-order valence-corrected chi connectivity index (χ4v) is 1.73. The second-order valence-corrected chi connectivity index (χ2v) is 5.33. The van der Waals surface area contributed by atoms with Crippen molar-refractivity contribution in [2.24, 2.45) is 0 Å². The normalized spacial score (nSPS) is 14.9. The summed E-state index contributed by atoms with van der Waals surface area (Å²) in [5.74, 6) is 1.28. The monoisotopic (exact) mass is 295 g/mol. The Hall–Kier alpha value is -1.98. The molecule has 118 valence electrons. The smallest absolute Gasteiger partial charge is 0.316 e. The standard InChI is InChI=1S/C15H25N3O3/c1-6-9(2)16-14(19)12(5)18-15(20)17-11(4)13-8-7-10(3)21-13/h7-9,11-12H,6H2,1-5H3,(H,16,19)(H2,17,18,20)/t9-,11-,12-/m0/s1. The molecule has 6 heteroatoms. The number of carbonyl (C=O) groups excluding carboxylic acids is 2. The van der Waals surface area contributed by atoms with Gasteiger partial charge in [-0.05, 0) is 46.2 Å². The SMILES string of the molecule is CC[C@H](C)NC(=O)[C@H](C)NC(=O)N[C@@H](C)c1ccc(C)o1. The van der Waals surface area contributed by atoms with Crippen LogP contribution in [-0.2, 0) is 4.79 Å². The number of carbonyl (C=O) groups is 2. The lowest BCUT2D eigenvalue weighted by Crippen LogP contribution is -2.50. The average Bonchev–Trinajstić information content (AvgIpc) is 2.84. The van der Waals surface area contributed by atoms with Gasteiger partial charge >= 0.3 is 6.03 Å². The Kier molecular flexibility index (Phi) is 6.27. The third-order valence-electron chi connectivity index (χ3n) is 3.28. The van der Waals surface area contributed by atoms with E-state index in [0.717, 1.165) is 12.2 Å². The Bertz CT molecular complexity index is 484. The van der Waals surface area contributed by atoms with Crippen LogP contribution in [0.4, 0.5) is 4.79 Å². The predicted octanol–water partition coefficient (Wildman–Crippen LogP) is 2.25. The zero-order chi connectivity index (χ0) is 16.0. The zero-order valence-corrected chi connectivity index (χ0v) is 13.3. The summed E-state index contributed by atoms with van der Waals surface area (Å²) in [5.41, 5.74) is 0. The van der Waals surface area contributed by atoms with Gasteiger partial charge in [-0.2, -0.15) is 0 Å². The van der Waals surface area contributed by atoms with E-state index in [9.17, 15) is 9.59 Å². The summed E-state index contributed by atoms with van der Waals surface area (Å²) in [6.07, 6.45) is 0.847. The number of hydrogen-bond acceptors (Lipinski definition) is 3. The van der Waals surface area contributed by atoms with E-state index < -0.39 is 12.1 Å². The lowest BCUT2D eigenvalue weighted by atomic mass is 10.2. The number of amides is 3. The Morgan fingerprint density at radius 1 is 1.14 bits per heavy atom.